The van der Waals surface area contributed by atoms with Gasteiger partial charge in [0.05, 0.1) is 0 Å². The Labute approximate surface area is 95.4 Å². The number of Topliss-reactive ketones (excluding diaryl/α,β-unsaturated/α-hetero) is 1. The highest BCUT2D eigenvalue weighted by Gasteiger charge is 2.07. The van der Waals surface area contributed by atoms with E-state index >= 15 is 0 Å². The first-order chi connectivity index (χ1) is 7.67. The van der Waals surface area contributed by atoms with Crippen LogP contribution in [0.15, 0.2) is 24.3 Å². The molecule has 1 aromatic rings. The monoisotopic (exact) mass is 220 g/mol. The van der Waals surface area contributed by atoms with Crippen LogP contribution in [0.5, 0.6) is 5.75 Å². The van der Waals surface area contributed by atoms with Crippen molar-refractivity contribution in [3.63, 3.8) is 0 Å². The van der Waals surface area contributed by atoms with Crippen LogP contribution >= 0.6 is 0 Å². The molecule has 0 bridgehead atoms. The Bertz CT molecular complexity index is 383. The van der Waals surface area contributed by atoms with Gasteiger partial charge in [-0.3, -0.25) is 9.59 Å². The highest BCUT2D eigenvalue weighted by Crippen LogP contribution is 2.15. The van der Waals surface area contributed by atoms with E-state index in [0.717, 1.165) is 6.42 Å². The number of hydrogen-bond acceptors (Lipinski definition) is 3. The molecule has 3 nitrogen and oxygen atoms in total. The smallest absolute Gasteiger partial charge is 0.311 e. The molecule has 0 heterocycles. The lowest BCUT2D eigenvalue weighted by Gasteiger charge is -2.04. The van der Waals surface area contributed by atoms with Crippen LogP contribution in [0.1, 0.15) is 43.5 Å². The minimum Gasteiger partial charge on any atom is -0.427 e. The van der Waals surface area contributed by atoms with Gasteiger partial charge >= 0.3 is 5.97 Å². The summed E-state index contributed by atoms with van der Waals surface area (Å²) < 4.78 is 5.10. The van der Waals surface area contributed by atoms with Crippen molar-refractivity contribution in [2.45, 2.75) is 33.1 Å². The minimum atomic E-state index is -0.261. The zero-order valence-corrected chi connectivity index (χ0v) is 9.66. The van der Waals surface area contributed by atoms with Gasteiger partial charge in [0.1, 0.15) is 5.75 Å². The average molecular weight is 220 g/mol. The molecule has 0 N–H and O–H groups in total. The Balaban J connectivity index is 2.74. The quantitative estimate of drug-likeness (QED) is 0.435. The summed E-state index contributed by atoms with van der Waals surface area (Å²) in [6.07, 6.45) is 1.60. The summed E-state index contributed by atoms with van der Waals surface area (Å²) in [5.41, 5.74) is 0.587. The normalized spacial score (nSPS) is 9.88. The molecule has 0 atom stereocenters. The molecule has 86 valence electrons. The number of carbonyl (C=O) groups excluding carboxylic acids is 2. The molecule has 0 saturated carbocycles. The molecule has 0 aliphatic rings. The van der Waals surface area contributed by atoms with Gasteiger partial charge in [-0.2, -0.15) is 0 Å². The highest BCUT2D eigenvalue weighted by molar-refractivity contribution is 5.96. The predicted octanol–water partition coefficient (Wildman–Crippen LogP) is 2.98. The molecule has 0 aromatic heterocycles. The van der Waals surface area contributed by atoms with Crippen LogP contribution in [0.25, 0.3) is 0 Å². The molecular formula is C13H16O3. The summed E-state index contributed by atoms with van der Waals surface area (Å²) in [6.45, 7) is 3.72. The molecule has 0 fully saturated rings. The van der Waals surface area contributed by atoms with E-state index in [0.29, 0.717) is 24.2 Å². The van der Waals surface area contributed by atoms with E-state index in [4.69, 9.17) is 4.74 Å². The number of esters is 1. The van der Waals surface area contributed by atoms with Crippen molar-refractivity contribution in [1.29, 1.82) is 0 Å². The molecule has 0 radical (unpaired) electrons. The van der Waals surface area contributed by atoms with E-state index in [9.17, 15) is 9.59 Å². The lowest BCUT2D eigenvalue weighted by Crippen LogP contribution is -2.07. The maximum absolute atomic E-state index is 11.4. The standard InChI is InChI=1S/C13H16O3/c1-3-6-13(15)16-11-8-5-7-10(9-11)12(14)4-2/h5,7-9H,3-4,6H2,1-2H3. The van der Waals surface area contributed by atoms with Gasteiger partial charge in [0.2, 0.25) is 0 Å². The molecule has 0 spiro atoms. The van der Waals surface area contributed by atoms with E-state index in [1.54, 1.807) is 31.2 Å². The fourth-order valence-corrected chi connectivity index (χ4v) is 1.32. The zero-order chi connectivity index (χ0) is 12.0. The maximum Gasteiger partial charge on any atom is 0.311 e. The highest BCUT2D eigenvalue weighted by atomic mass is 16.5. The van der Waals surface area contributed by atoms with E-state index < -0.39 is 0 Å². The third-order valence-electron chi connectivity index (χ3n) is 2.16. The number of rotatable bonds is 5. The summed E-state index contributed by atoms with van der Waals surface area (Å²) in [5, 5.41) is 0. The second-order valence-corrected chi connectivity index (χ2v) is 3.53. The van der Waals surface area contributed by atoms with Gasteiger partial charge in [-0.1, -0.05) is 26.0 Å². The van der Waals surface area contributed by atoms with Crippen LogP contribution in [-0.4, -0.2) is 11.8 Å². The number of hydrogen-bond donors (Lipinski definition) is 0. The van der Waals surface area contributed by atoms with Crippen LogP contribution in [0, 0.1) is 0 Å². The van der Waals surface area contributed by atoms with Gasteiger partial charge in [0.15, 0.2) is 5.78 Å². The van der Waals surface area contributed by atoms with Crippen LogP contribution in [0.4, 0.5) is 0 Å². The Morgan fingerprint density at radius 3 is 2.62 bits per heavy atom. The first-order valence-corrected chi connectivity index (χ1v) is 5.51. The summed E-state index contributed by atoms with van der Waals surface area (Å²) in [5.74, 6) is 0.231. The van der Waals surface area contributed by atoms with Crippen molar-refractivity contribution in [3.8, 4) is 5.75 Å². The molecule has 1 rings (SSSR count). The second kappa shape index (κ2) is 6.05. The van der Waals surface area contributed by atoms with Gasteiger partial charge in [0, 0.05) is 18.4 Å². The molecule has 0 saturated heterocycles. The van der Waals surface area contributed by atoms with Gasteiger partial charge in [-0.05, 0) is 18.6 Å². The number of ether oxygens (including phenoxy) is 1. The molecule has 1 aromatic carbocycles. The minimum absolute atomic E-state index is 0.0494. The van der Waals surface area contributed by atoms with Crippen LogP contribution in [0.2, 0.25) is 0 Å². The van der Waals surface area contributed by atoms with Gasteiger partial charge in [0.25, 0.3) is 0 Å². The Morgan fingerprint density at radius 1 is 1.25 bits per heavy atom. The fourth-order valence-electron chi connectivity index (χ4n) is 1.32. The number of carbonyl (C=O) groups is 2. The fraction of sp³-hybridized carbons (Fsp3) is 0.385. The second-order valence-electron chi connectivity index (χ2n) is 3.53. The summed E-state index contributed by atoms with van der Waals surface area (Å²) in [7, 11) is 0. The molecule has 0 unspecified atom stereocenters. The molecular weight excluding hydrogens is 204 g/mol. The molecule has 0 aliphatic carbocycles. The van der Waals surface area contributed by atoms with Gasteiger partial charge < -0.3 is 4.74 Å². The van der Waals surface area contributed by atoms with Crippen molar-refractivity contribution in [3.05, 3.63) is 29.8 Å². The van der Waals surface area contributed by atoms with Crippen LogP contribution in [0.3, 0.4) is 0 Å². The first-order valence-electron chi connectivity index (χ1n) is 5.51. The third-order valence-corrected chi connectivity index (χ3v) is 2.16. The van der Waals surface area contributed by atoms with E-state index in [1.807, 2.05) is 6.92 Å². The maximum atomic E-state index is 11.4. The predicted molar refractivity (Wildman–Crippen MR) is 61.6 cm³/mol. The number of ketones is 1. The van der Waals surface area contributed by atoms with Crippen molar-refractivity contribution in [2.24, 2.45) is 0 Å². The van der Waals surface area contributed by atoms with Gasteiger partial charge in [-0.25, -0.2) is 0 Å². The summed E-state index contributed by atoms with van der Waals surface area (Å²) in [4.78, 5) is 22.7. The van der Waals surface area contributed by atoms with Crippen molar-refractivity contribution >= 4 is 11.8 Å². The molecule has 0 amide bonds. The van der Waals surface area contributed by atoms with Gasteiger partial charge in [-0.15, -0.1) is 0 Å². The van der Waals surface area contributed by atoms with Crippen LogP contribution in [-0.2, 0) is 4.79 Å². The van der Waals surface area contributed by atoms with Crippen molar-refractivity contribution < 1.29 is 14.3 Å². The van der Waals surface area contributed by atoms with E-state index in [1.165, 1.54) is 0 Å². The molecule has 3 heteroatoms. The van der Waals surface area contributed by atoms with E-state index in [-0.39, 0.29) is 11.8 Å². The topological polar surface area (TPSA) is 43.4 Å². The lowest BCUT2D eigenvalue weighted by atomic mass is 10.1. The molecule has 16 heavy (non-hydrogen) atoms. The molecule has 0 aliphatic heterocycles. The SMILES string of the molecule is CCCC(=O)Oc1cccc(C(=O)CC)c1. The third kappa shape index (κ3) is 3.50. The first kappa shape index (κ1) is 12.4. The zero-order valence-electron chi connectivity index (χ0n) is 9.66. The summed E-state index contributed by atoms with van der Waals surface area (Å²) >= 11 is 0. The van der Waals surface area contributed by atoms with Crippen molar-refractivity contribution in [2.75, 3.05) is 0 Å². The largest absolute Gasteiger partial charge is 0.427 e. The van der Waals surface area contributed by atoms with Crippen LogP contribution < -0.4 is 4.74 Å². The number of benzene rings is 1. The summed E-state index contributed by atoms with van der Waals surface area (Å²) in [6, 6.07) is 6.74. The van der Waals surface area contributed by atoms with E-state index in [2.05, 4.69) is 0 Å². The Kier molecular flexibility index (Phi) is 4.70. The lowest BCUT2D eigenvalue weighted by molar-refractivity contribution is -0.134. The Morgan fingerprint density at radius 2 is 2.00 bits per heavy atom. The average Bonchev–Trinajstić information content (AvgIpc) is 2.28. The van der Waals surface area contributed by atoms with Crippen molar-refractivity contribution in [1.82, 2.24) is 0 Å². The Hall–Kier alpha value is -1.64.